The molecule has 27 heavy (non-hydrogen) atoms. The number of guanidine groups is 1. The van der Waals surface area contributed by atoms with Crippen molar-refractivity contribution in [1.29, 1.82) is 0 Å². The van der Waals surface area contributed by atoms with E-state index in [2.05, 4.69) is 48.2 Å². The molecule has 1 aliphatic rings. The van der Waals surface area contributed by atoms with Crippen LogP contribution in [0.25, 0.3) is 0 Å². The Hall–Kier alpha value is -1.24. The summed E-state index contributed by atoms with van der Waals surface area (Å²) in [6.45, 7) is 6.80. The molecule has 2 aromatic rings. The number of nitrogens with one attached hydrogen (secondary N) is 2. The molecule has 1 atom stereocenters. The van der Waals surface area contributed by atoms with E-state index >= 15 is 0 Å². The van der Waals surface area contributed by atoms with Gasteiger partial charge in [-0.2, -0.15) is 0 Å². The largest absolute Gasteiger partial charge is 0.379 e. The summed E-state index contributed by atoms with van der Waals surface area (Å²) in [4.78, 5) is 8.17. The van der Waals surface area contributed by atoms with Gasteiger partial charge in [0.15, 0.2) is 11.8 Å². The van der Waals surface area contributed by atoms with Crippen molar-refractivity contribution in [1.82, 2.24) is 30.3 Å². The third-order valence-electron chi connectivity index (χ3n) is 4.64. The first-order valence-corrected chi connectivity index (χ1v) is 9.71. The Morgan fingerprint density at radius 1 is 1.33 bits per heavy atom. The summed E-state index contributed by atoms with van der Waals surface area (Å²) in [7, 11) is 3.75. The topological polar surface area (TPSA) is 79.6 Å². The Labute approximate surface area is 181 Å². The summed E-state index contributed by atoms with van der Waals surface area (Å²) >= 11 is 1.79. The van der Waals surface area contributed by atoms with Gasteiger partial charge in [-0.1, -0.05) is 6.07 Å². The Morgan fingerprint density at radius 2 is 2.11 bits per heavy atom. The molecule has 0 spiro atoms. The number of morpholine rings is 1. The second kappa shape index (κ2) is 10.9. The molecule has 0 aromatic carbocycles. The third kappa shape index (κ3) is 5.87. The Morgan fingerprint density at radius 3 is 2.70 bits per heavy atom. The van der Waals surface area contributed by atoms with Crippen molar-refractivity contribution in [3.63, 3.8) is 0 Å². The third-order valence-corrected chi connectivity index (χ3v) is 5.61. The fourth-order valence-corrected chi connectivity index (χ4v) is 3.82. The van der Waals surface area contributed by atoms with Gasteiger partial charge in [-0.15, -0.1) is 45.5 Å². The minimum Gasteiger partial charge on any atom is -0.379 e. The quantitative estimate of drug-likeness (QED) is 0.353. The molecular weight excluding hydrogens is 477 g/mol. The Kier molecular flexibility index (Phi) is 8.93. The van der Waals surface area contributed by atoms with E-state index in [1.807, 2.05) is 18.5 Å². The lowest BCUT2D eigenvalue weighted by molar-refractivity contribution is 0.0177. The minimum absolute atomic E-state index is 0. The number of aliphatic imine (C=N–C) groups is 1. The van der Waals surface area contributed by atoms with Gasteiger partial charge in [-0.3, -0.25) is 9.89 Å². The fourth-order valence-electron chi connectivity index (χ4n) is 2.96. The maximum Gasteiger partial charge on any atom is 0.191 e. The summed E-state index contributed by atoms with van der Waals surface area (Å²) in [5.41, 5.74) is 0. The standard InChI is InChI=1S/C17H27N7OS.HI/c1-13-21-22-16(23(13)3)12-20-17(18-2)19-11-14(15-5-4-10-26-15)24-6-8-25-9-7-24;/h4-5,10,14H,6-9,11-12H2,1-3H3,(H2,18,19,20);1H. The number of aromatic nitrogens is 3. The lowest BCUT2D eigenvalue weighted by atomic mass is 10.2. The number of rotatable bonds is 6. The van der Waals surface area contributed by atoms with Gasteiger partial charge in [0.1, 0.15) is 5.82 Å². The molecule has 10 heteroatoms. The second-order valence-corrected chi connectivity index (χ2v) is 7.19. The number of aryl methyl sites for hydroxylation is 1. The molecule has 1 saturated heterocycles. The Balaban J connectivity index is 0.00000261. The van der Waals surface area contributed by atoms with Crippen molar-refractivity contribution in [3.05, 3.63) is 34.0 Å². The number of ether oxygens (including phenoxy) is 1. The van der Waals surface area contributed by atoms with E-state index in [1.165, 1.54) is 4.88 Å². The molecule has 0 radical (unpaired) electrons. The minimum atomic E-state index is 0. The van der Waals surface area contributed by atoms with Crippen LogP contribution in [0.3, 0.4) is 0 Å². The van der Waals surface area contributed by atoms with Crippen LogP contribution < -0.4 is 10.6 Å². The molecular formula is C17H28IN7OS. The van der Waals surface area contributed by atoms with E-state index in [0.717, 1.165) is 50.5 Å². The first-order valence-electron chi connectivity index (χ1n) is 8.83. The highest BCUT2D eigenvalue weighted by atomic mass is 127. The maximum atomic E-state index is 5.50. The number of thiophene rings is 1. The SMILES string of the molecule is CN=C(NCc1nnc(C)n1C)NCC(c1cccs1)N1CCOCC1.I. The van der Waals surface area contributed by atoms with Gasteiger partial charge in [0.05, 0.1) is 25.8 Å². The van der Waals surface area contributed by atoms with Crippen LogP contribution in [0.5, 0.6) is 0 Å². The Bertz CT molecular complexity index is 713. The summed E-state index contributed by atoms with van der Waals surface area (Å²) in [6, 6.07) is 4.62. The van der Waals surface area contributed by atoms with E-state index < -0.39 is 0 Å². The molecule has 0 amide bonds. The van der Waals surface area contributed by atoms with Gasteiger partial charge in [0.2, 0.25) is 0 Å². The second-order valence-electron chi connectivity index (χ2n) is 6.21. The van der Waals surface area contributed by atoms with Gasteiger partial charge in [-0.05, 0) is 18.4 Å². The van der Waals surface area contributed by atoms with Gasteiger partial charge in [0.25, 0.3) is 0 Å². The molecule has 0 aliphatic carbocycles. The number of hydrogen-bond acceptors (Lipinski definition) is 6. The van der Waals surface area contributed by atoms with Crippen molar-refractivity contribution in [3.8, 4) is 0 Å². The van der Waals surface area contributed by atoms with Crippen LogP contribution in [0.1, 0.15) is 22.6 Å². The molecule has 1 fully saturated rings. The summed E-state index contributed by atoms with van der Waals surface area (Å²) < 4.78 is 7.48. The molecule has 0 bridgehead atoms. The zero-order valence-electron chi connectivity index (χ0n) is 16.0. The van der Waals surface area contributed by atoms with Crippen LogP contribution in [0.4, 0.5) is 0 Å². The average Bonchev–Trinajstić information content (AvgIpc) is 3.31. The molecule has 1 unspecified atom stereocenters. The van der Waals surface area contributed by atoms with Crippen LogP contribution in [-0.4, -0.2) is 65.5 Å². The average molecular weight is 505 g/mol. The monoisotopic (exact) mass is 505 g/mol. The first-order chi connectivity index (χ1) is 12.7. The molecule has 2 N–H and O–H groups in total. The highest BCUT2D eigenvalue weighted by Gasteiger charge is 2.23. The van der Waals surface area contributed by atoms with Crippen molar-refractivity contribution in [2.45, 2.75) is 19.5 Å². The van der Waals surface area contributed by atoms with Crippen LogP contribution in [0, 0.1) is 6.92 Å². The van der Waals surface area contributed by atoms with Crippen LogP contribution >= 0.6 is 35.3 Å². The zero-order chi connectivity index (χ0) is 18.4. The highest BCUT2D eigenvalue weighted by molar-refractivity contribution is 14.0. The summed E-state index contributed by atoms with van der Waals surface area (Å²) in [5, 5.41) is 17.2. The van der Waals surface area contributed by atoms with Crippen LogP contribution in [-0.2, 0) is 18.3 Å². The number of halogens is 1. The fraction of sp³-hybridized carbons (Fsp3) is 0.588. The summed E-state index contributed by atoms with van der Waals surface area (Å²) in [6.07, 6.45) is 0. The molecule has 2 aromatic heterocycles. The van der Waals surface area contributed by atoms with E-state index in [0.29, 0.717) is 12.6 Å². The van der Waals surface area contributed by atoms with Crippen molar-refractivity contribution >= 4 is 41.3 Å². The van der Waals surface area contributed by atoms with Gasteiger partial charge >= 0.3 is 0 Å². The molecule has 1 aliphatic heterocycles. The predicted molar refractivity (Wildman–Crippen MR) is 119 cm³/mol. The maximum absolute atomic E-state index is 5.50. The molecule has 8 nitrogen and oxygen atoms in total. The smallest absolute Gasteiger partial charge is 0.191 e. The number of nitrogens with zero attached hydrogens (tertiary/aromatic N) is 5. The van der Waals surface area contributed by atoms with Gasteiger partial charge < -0.3 is 19.9 Å². The van der Waals surface area contributed by atoms with E-state index in [1.54, 1.807) is 18.4 Å². The van der Waals surface area contributed by atoms with E-state index in [4.69, 9.17) is 4.74 Å². The molecule has 3 rings (SSSR count). The van der Waals surface area contributed by atoms with Crippen molar-refractivity contribution in [2.75, 3.05) is 39.9 Å². The van der Waals surface area contributed by atoms with Crippen LogP contribution in [0.2, 0.25) is 0 Å². The van der Waals surface area contributed by atoms with Crippen molar-refractivity contribution in [2.24, 2.45) is 12.0 Å². The first kappa shape index (κ1) is 22.1. The van der Waals surface area contributed by atoms with Gasteiger partial charge in [0, 0.05) is 38.6 Å². The molecule has 0 saturated carbocycles. The van der Waals surface area contributed by atoms with Crippen molar-refractivity contribution < 1.29 is 4.74 Å². The summed E-state index contributed by atoms with van der Waals surface area (Å²) in [5.74, 6) is 2.55. The highest BCUT2D eigenvalue weighted by Crippen LogP contribution is 2.25. The normalized spacial score (nSPS) is 16.6. The van der Waals surface area contributed by atoms with Crippen LogP contribution in [0.15, 0.2) is 22.5 Å². The molecule has 3 heterocycles. The van der Waals surface area contributed by atoms with Gasteiger partial charge in [-0.25, -0.2) is 0 Å². The van der Waals surface area contributed by atoms with E-state index in [-0.39, 0.29) is 24.0 Å². The molecule has 150 valence electrons. The lowest BCUT2D eigenvalue weighted by Gasteiger charge is -2.34. The zero-order valence-corrected chi connectivity index (χ0v) is 19.2. The number of hydrogen-bond donors (Lipinski definition) is 2. The van der Waals surface area contributed by atoms with E-state index in [9.17, 15) is 0 Å². The predicted octanol–water partition coefficient (Wildman–Crippen LogP) is 1.54. The lowest BCUT2D eigenvalue weighted by Crippen LogP contribution is -2.46.